The number of rotatable bonds is 9. The molecule has 1 fully saturated rings. The third kappa shape index (κ3) is 5.42. The van der Waals surface area contributed by atoms with Gasteiger partial charge in [0.25, 0.3) is 5.91 Å². The van der Waals surface area contributed by atoms with Gasteiger partial charge in [0.2, 0.25) is 11.8 Å². The summed E-state index contributed by atoms with van der Waals surface area (Å²) < 4.78 is 5.45. The lowest BCUT2D eigenvalue weighted by atomic mass is 9.82. The van der Waals surface area contributed by atoms with E-state index >= 15 is 0 Å². The second-order valence-electron chi connectivity index (χ2n) is 11.2. The third-order valence-electron chi connectivity index (χ3n) is 8.24. The summed E-state index contributed by atoms with van der Waals surface area (Å²) in [5, 5.41) is 24.7. The minimum absolute atomic E-state index is 0.105. The zero-order valence-electron chi connectivity index (χ0n) is 23.8. The Labute approximate surface area is 248 Å². The Morgan fingerprint density at radius 2 is 1.88 bits per heavy atom. The van der Waals surface area contributed by atoms with Crippen molar-refractivity contribution in [2.45, 2.75) is 43.9 Å². The molecule has 10 nitrogen and oxygen atoms in total. The molecule has 6 N–H and O–H groups in total. The molecule has 0 radical (unpaired) electrons. The van der Waals surface area contributed by atoms with Gasteiger partial charge in [0.1, 0.15) is 11.9 Å². The molecule has 1 aromatic heterocycles. The van der Waals surface area contributed by atoms with E-state index in [1.807, 2.05) is 24.3 Å². The van der Waals surface area contributed by atoms with Crippen molar-refractivity contribution in [2.24, 2.45) is 5.73 Å². The number of methoxy groups -OCH3 is 1. The summed E-state index contributed by atoms with van der Waals surface area (Å²) in [6.07, 6.45) is -0.0669. The summed E-state index contributed by atoms with van der Waals surface area (Å²) in [6.45, 7) is 3.88. The van der Waals surface area contributed by atoms with Crippen molar-refractivity contribution >= 4 is 34.9 Å². The van der Waals surface area contributed by atoms with Crippen LogP contribution in [0.1, 0.15) is 58.2 Å². The largest absolute Gasteiger partial charge is 0.394 e. The molecular formula is C31H35N5O5S. The van der Waals surface area contributed by atoms with Crippen LogP contribution in [0.4, 0.5) is 0 Å². The highest BCUT2D eigenvalue weighted by Gasteiger charge is 2.40. The van der Waals surface area contributed by atoms with Crippen molar-refractivity contribution < 1.29 is 24.2 Å². The third-order valence-corrected chi connectivity index (χ3v) is 9.28. The lowest BCUT2D eigenvalue weighted by molar-refractivity contribution is -0.138. The number of nitrogens with two attached hydrogens (primary N) is 1. The van der Waals surface area contributed by atoms with Gasteiger partial charge in [0.05, 0.1) is 25.3 Å². The topological polar surface area (TPSA) is 158 Å². The van der Waals surface area contributed by atoms with Crippen LogP contribution in [0.2, 0.25) is 0 Å². The van der Waals surface area contributed by atoms with E-state index in [1.165, 1.54) is 28.9 Å². The first-order valence-electron chi connectivity index (χ1n) is 13.7. The molecular weight excluding hydrogens is 554 g/mol. The Kier molecular flexibility index (Phi) is 8.18. The quantitative estimate of drug-likeness (QED) is 0.191. The molecule has 42 heavy (non-hydrogen) atoms. The maximum atomic E-state index is 13.3. The molecule has 3 amide bonds. The number of benzene rings is 2. The second kappa shape index (κ2) is 11.7. The highest BCUT2D eigenvalue weighted by atomic mass is 32.1. The van der Waals surface area contributed by atoms with E-state index in [2.05, 4.69) is 36.6 Å². The maximum absolute atomic E-state index is 13.3. The predicted molar refractivity (Wildman–Crippen MR) is 161 cm³/mol. The van der Waals surface area contributed by atoms with E-state index in [4.69, 9.17) is 15.9 Å². The summed E-state index contributed by atoms with van der Waals surface area (Å²) >= 11 is 1.27. The zero-order chi connectivity index (χ0) is 30.2. The molecule has 5 rings (SSSR count). The molecule has 1 aliphatic heterocycles. The number of likely N-dealkylation sites (tertiary alicyclic amines) is 1. The minimum Gasteiger partial charge on any atom is -0.394 e. The lowest BCUT2D eigenvalue weighted by Gasteiger charge is -2.25. The van der Waals surface area contributed by atoms with Crippen LogP contribution in [0.25, 0.3) is 11.1 Å². The molecule has 1 saturated heterocycles. The van der Waals surface area contributed by atoms with Crippen molar-refractivity contribution in [2.75, 3.05) is 26.8 Å². The van der Waals surface area contributed by atoms with Crippen LogP contribution in [-0.4, -0.2) is 72.5 Å². The Balaban J connectivity index is 1.26. The summed E-state index contributed by atoms with van der Waals surface area (Å²) in [6, 6.07) is 13.9. The molecule has 1 aliphatic carbocycles. The fraction of sp³-hybridized carbons (Fsp3) is 0.355. The smallest absolute Gasteiger partial charge is 0.251 e. The molecule has 3 aromatic rings. The standard InChI is InChI=1S/C31H35N5O5S/c1-31(2)22-7-5-4-6-20(22)21-10-17(8-9-23(21)31)29(39)34-13-27(38)36-14-19(41-3)12-25(36)30(40)35-24(15-37)26-11-18(16-42-26)28(32)33/h4-11,16,19,24-25,37H,12-15H2,1-3H3,(H3,32,33)(H,34,39)(H,35,40)/t19-,24-,25+/m1/s1. The highest BCUT2D eigenvalue weighted by Crippen LogP contribution is 2.48. The average molecular weight is 590 g/mol. The van der Waals surface area contributed by atoms with E-state index in [1.54, 1.807) is 17.5 Å². The van der Waals surface area contributed by atoms with Crippen molar-refractivity contribution in [1.29, 1.82) is 5.41 Å². The van der Waals surface area contributed by atoms with Gasteiger partial charge in [-0.15, -0.1) is 11.3 Å². The van der Waals surface area contributed by atoms with Gasteiger partial charge in [0.15, 0.2) is 0 Å². The monoisotopic (exact) mass is 589 g/mol. The lowest BCUT2D eigenvalue weighted by Crippen LogP contribution is -2.49. The Bertz CT molecular complexity index is 1550. The molecule has 0 saturated carbocycles. The van der Waals surface area contributed by atoms with Gasteiger partial charge in [-0.3, -0.25) is 19.8 Å². The first-order chi connectivity index (χ1) is 20.0. The first-order valence-corrected chi connectivity index (χ1v) is 14.6. The van der Waals surface area contributed by atoms with Crippen LogP contribution in [0, 0.1) is 5.41 Å². The van der Waals surface area contributed by atoms with Gasteiger partial charge >= 0.3 is 0 Å². The summed E-state index contributed by atoms with van der Waals surface area (Å²) in [5.41, 5.74) is 10.8. The van der Waals surface area contributed by atoms with Gasteiger partial charge in [0, 0.05) is 46.9 Å². The Hall–Kier alpha value is -4.06. The SMILES string of the molecule is CO[C@@H]1C[C@@H](C(=O)N[C@H](CO)c2cc(C(=N)N)cs2)N(C(=O)CNC(=O)c2ccc3c(c2)-c2ccccc2C3(C)C)C1. The summed E-state index contributed by atoms with van der Waals surface area (Å²) in [7, 11) is 1.52. The fourth-order valence-electron chi connectivity index (χ4n) is 5.86. The van der Waals surface area contributed by atoms with E-state index in [9.17, 15) is 19.5 Å². The molecule has 0 spiro atoms. The van der Waals surface area contributed by atoms with Crippen LogP contribution in [0.3, 0.4) is 0 Å². The number of aliphatic hydroxyl groups excluding tert-OH is 1. The molecule has 2 heterocycles. The van der Waals surface area contributed by atoms with Crippen molar-refractivity contribution in [3.8, 4) is 11.1 Å². The number of amidine groups is 1. The normalized spacial score (nSPS) is 19.1. The number of nitrogen functional groups attached to an aromatic ring is 1. The molecule has 2 aliphatic rings. The number of carbonyl (C=O) groups excluding carboxylic acids is 3. The molecule has 0 unspecified atom stereocenters. The summed E-state index contributed by atoms with van der Waals surface area (Å²) in [4.78, 5) is 41.8. The van der Waals surface area contributed by atoms with Crippen LogP contribution in [-0.2, 0) is 19.7 Å². The number of aliphatic hydroxyl groups is 1. The number of carbonyl (C=O) groups is 3. The van der Waals surface area contributed by atoms with Crippen molar-refractivity contribution in [1.82, 2.24) is 15.5 Å². The Morgan fingerprint density at radius 1 is 1.14 bits per heavy atom. The predicted octanol–water partition coefficient (Wildman–Crippen LogP) is 2.53. The fourth-order valence-corrected chi connectivity index (χ4v) is 6.82. The van der Waals surface area contributed by atoms with Crippen LogP contribution < -0.4 is 16.4 Å². The number of amides is 3. The van der Waals surface area contributed by atoms with E-state index in [0.29, 0.717) is 16.0 Å². The molecule has 0 bridgehead atoms. The van der Waals surface area contributed by atoms with Crippen molar-refractivity contribution in [3.63, 3.8) is 0 Å². The van der Waals surface area contributed by atoms with Crippen molar-refractivity contribution in [3.05, 3.63) is 81.0 Å². The number of ether oxygens (including phenoxy) is 1. The van der Waals surface area contributed by atoms with Gasteiger partial charge in [-0.05, 0) is 40.5 Å². The number of hydrogen-bond donors (Lipinski definition) is 5. The molecule has 11 heteroatoms. The van der Waals surface area contributed by atoms with E-state index in [0.717, 1.165) is 16.7 Å². The number of nitrogens with zero attached hydrogens (tertiary/aromatic N) is 1. The second-order valence-corrected chi connectivity index (χ2v) is 12.1. The number of nitrogens with one attached hydrogen (secondary N) is 3. The van der Waals surface area contributed by atoms with E-state index in [-0.39, 0.29) is 49.4 Å². The number of thiophene rings is 1. The molecule has 2 aromatic carbocycles. The van der Waals surface area contributed by atoms with Gasteiger partial charge < -0.3 is 31.1 Å². The van der Waals surface area contributed by atoms with Gasteiger partial charge in [-0.1, -0.05) is 44.2 Å². The molecule has 220 valence electrons. The van der Waals surface area contributed by atoms with E-state index < -0.39 is 23.9 Å². The van der Waals surface area contributed by atoms with Gasteiger partial charge in [-0.2, -0.15) is 0 Å². The van der Waals surface area contributed by atoms with Crippen LogP contribution in [0.5, 0.6) is 0 Å². The first kappa shape index (κ1) is 29.4. The van der Waals surface area contributed by atoms with Crippen LogP contribution >= 0.6 is 11.3 Å². The van der Waals surface area contributed by atoms with Gasteiger partial charge in [-0.25, -0.2) is 0 Å². The minimum atomic E-state index is -0.834. The average Bonchev–Trinajstić information content (AvgIpc) is 3.71. The maximum Gasteiger partial charge on any atom is 0.251 e. The Morgan fingerprint density at radius 3 is 2.57 bits per heavy atom. The van der Waals surface area contributed by atoms with Crippen LogP contribution in [0.15, 0.2) is 53.9 Å². The number of fused-ring (bicyclic) bond motifs is 3. The zero-order valence-corrected chi connectivity index (χ0v) is 24.6. The molecule has 3 atom stereocenters. The number of hydrogen-bond acceptors (Lipinski definition) is 7. The summed E-state index contributed by atoms with van der Waals surface area (Å²) in [5.74, 6) is -1.33. The highest BCUT2D eigenvalue weighted by molar-refractivity contribution is 7.10.